The highest BCUT2D eigenvalue weighted by atomic mass is 16.6. The van der Waals surface area contributed by atoms with Crippen LogP contribution in [0.2, 0.25) is 0 Å². The molecule has 1 amide bonds. The third kappa shape index (κ3) is 4.67. The van der Waals surface area contributed by atoms with Crippen LogP contribution in [0.1, 0.15) is 54.4 Å². The van der Waals surface area contributed by atoms with E-state index in [1.54, 1.807) is 0 Å². The van der Waals surface area contributed by atoms with Gasteiger partial charge in [-0.25, -0.2) is 4.79 Å². The van der Waals surface area contributed by atoms with Crippen LogP contribution in [-0.4, -0.2) is 23.5 Å². The molecule has 4 heteroatoms. The summed E-state index contributed by atoms with van der Waals surface area (Å²) in [6.07, 6.45) is 1.50. The second-order valence-electron chi connectivity index (χ2n) is 7.08. The minimum absolute atomic E-state index is 0.0795. The number of rotatable bonds is 3. The summed E-state index contributed by atoms with van der Waals surface area (Å²) in [6, 6.07) is -0.403. The maximum Gasteiger partial charge on any atom is 0.408 e. The zero-order chi connectivity index (χ0) is 14.1. The molecule has 1 unspecified atom stereocenters. The van der Waals surface area contributed by atoms with Gasteiger partial charge in [-0.15, -0.1) is 0 Å². The molecular formula is C14H25NO3. The SMILES string of the molecule is CC(C)(C)OC(=O)NC(C(=O)C(C)(C)C)C1CC1. The lowest BCUT2D eigenvalue weighted by atomic mass is 9.85. The van der Waals surface area contributed by atoms with Gasteiger partial charge < -0.3 is 10.1 Å². The molecule has 1 aliphatic carbocycles. The van der Waals surface area contributed by atoms with Gasteiger partial charge in [-0.3, -0.25) is 4.79 Å². The number of amides is 1. The highest BCUT2D eigenvalue weighted by Gasteiger charge is 2.41. The van der Waals surface area contributed by atoms with Gasteiger partial charge in [-0.2, -0.15) is 0 Å². The quantitative estimate of drug-likeness (QED) is 0.843. The Hall–Kier alpha value is -1.06. The molecule has 1 fully saturated rings. The normalized spacial score (nSPS) is 18.1. The van der Waals surface area contributed by atoms with Crippen LogP contribution in [0.5, 0.6) is 0 Å². The minimum atomic E-state index is -0.539. The van der Waals surface area contributed by atoms with Gasteiger partial charge in [0, 0.05) is 5.41 Å². The van der Waals surface area contributed by atoms with Crippen LogP contribution in [0.15, 0.2) is 0 Å². The Labute approximate surface area is 109 Å². The summed E-state index contributed by atoms with van der Waals surface area (Å²) in [5, 5.41) is 2.73. The molecule has 1 saturated carbocycles. The first-order valence-corrected chi connectivity index (χ1v) is 6.54. The van der Waals surface area contributed by atoms with Gasteiger partial charge >= 0.3 is 6.09 Å². The molecule has 0 aliphatic heterocycles. The summed E-state index contributed by atoms with van der Waals surface area (Å²) >= 11 is 0. The molecule has 0 aromatic rings. The van der Waals surface area contributed by atoms with Crippen LogP contribution < -0.4 is 5.32 Å². The average Bonchev–Trinajstić information content (AvgIpc) is 2.91. The van der Waals surface area contributed by atoms with Gasteiger partial charge in [0.2, 0.25) is 0 Å². The Balaban J connectivity index is 2.65. The number of ketones is 1. The van der Waals surface area contributed by atoms with Crippen molar-refractivity contribution in [1.29, 1.82) is 0 Å². The van der Waals surface area contributed by atoms with E-state index < -0.39 is 23.2 Å². The fourth-order valence-corrected chi connectivity index (χ4v) is 1.73. The Morgan fingerprint density at radius 3 is 1.94 bits per heavy atom. The smallest absolute Gasteiger partial charge is 0.408 e. The van der Waals surface area contributed by atoms with Crippen LogP contribution in [0.4, 0.5) is 4.79 Å². The summed E-state index contributed by atoms with van der Waals surface area (Å²) in [7, 11) is 0. The number of Topliss-reactive ketones (excluding diaryl/α,β-unsaturated/α-hetero) is 1. The lowest BCUT2D eigenvalue weighted by molar-refractivity contribution is -0.129. The van der Waals surface area contributed by atoms with E-state index in [1.807, 2.05) is 41.5 Å². The van der Waals surface area contributed by atoms with Crippen LogP contribution in [0, 0.1) is 11.3 Å². The fourth-order valence-electron chi connectivity index (χ4n) is 1.73. The van der Waals surface area contributed by atoms with Crippen molar-refractivity contribution in [1.82, 2.24) is 5.32 Å². The van der Waals surface area contributed by atoms with Crippen molar-refractivity contribution in [2.45, 2.75) is 66.0 Å². The van der Waals surface area contributed by atoms with E-state index in [0.717, 1.165) is 12.8 Å². The predicted octanol–water partition coefficient (Wildman–Crippen LogP) is 2.90. The maximum absolute atomic E-state index is 12.3. The van der Waals surface area contributed by atoms with E-state index >= 15 is 0 Å². The zero-order valence-corrected chi connectivity index (χ0v) is 12.3. The van der Waals surface area contributed by atoms with Gasteiger partial charge in [0.25, 0.3) is 0 Å². The topological polar surface area (TPSA) is 55.4 Å². The van der Waals surface area contributed by atoms with E-state index in [-0.39, 0.29) is 11.7 Å². The summed E-state index contributed by atoms with van der Waals surface area (Å²) in [4.78, 5) is 24.0. The van der Waals surface area contributed by atoms with Gasteiger partial charge in [0.05, 0.1) is 6.04 Å². The van der Waals surface area contributed by atoms with E-state index in [9.17, 15) is 9.59 Å². The summed E-state index contributed by atoms with van der Waals surface area (Å²) in [6.45, 7) is 11.1. The first-order chi connectivity index (χ1) is 8.00. The molecule has 104 valence electrons. The lowest BCUT2D eigenvalue weighted by Crippen LogP contribution is -2.48. The maximum atomic E-state index is 12.3. The van der Waals surface area contributed by atoms with E-state index in [1.165, 1.54) is 0 Å². The Bertz CT molecular complexity index is 332. The van der Waals surface area contributed by atoms with Crippen molar-refractivity contribution < 1.29 is 14.3 Å². The molecule has 0 heterocycles. The van der Waals surface area contributed by atoms with Gasteiger partial charge in [0.1, 0.15) is 5.60 Å². The second-order valence-corrected chi connectivity index (χ2v) is 7.08. The molecule has 1 rings (SSSR count). The Morgan fingerprint density at radius 1 is 1.11 bits per heavy atom. The van der Waals surface area contributed by atoms with Crippen LogP contribution in [-0.2, 0) is 9.53 Å². The van der Waals surface area contributed by atoms with Crippen molar-refractivity contribution in [3.05, 3.63) is 0 Å². The molecule has 1 aliphatic rings. The number of nitrogens with one attached hydrogen (secondary N) is 1. The van der Waals surface area contributed by atoms with E-state index in [0.29, 0.717) is 0 Å². The molecule has 0 aromatic heterocycles. The van der Waals surface area contributed by atoms with Crippen LogP contribution in [0.25, 0.3) is 0 Å². The van der Waals surface area contributed by atoms with Crippen molar-refractivity contribution in [2.75, 3.05) is 0 Å². The van der Waals surface area contributed by atoms with Crippen molar-refractivity contribution in [3.63, 3.8) is 0 Å². The molecular weight excluding hydrogens is 230 g/mol. The monoisotopic (exact) mass is 255 g/mol. The minimum Gasteiger partial charge on any atom is -0.444 e. The Kier molecular flexibility index (Phi) is 4.08. The van der Waals surface area contributed by atoms with Crippen LogP contribution >= 0.6 is 0 Å². The number of ether oxygens (including phenoxy) is 1. The molecule has 0 spiro atoms. The molecule has 1 atom stereocenters. The van der Waals surface area contributed by atoms with Gasteiger partial charge in [-0.05, 0) is 39.5 Å². The molecule has 1 N–H and O–H groups in total. The average molecular weight is 255 g/mol. The molecule has 0 bridgehead atoms. The summed E-state index contributed by atoms with van der Waals surface area (Å²) in [5.74, 6) is 0.361. The number of alkyl carbamates (subject to hydrolysis) is 1. The molecule has 0 radical (unpaired) electrons. The number of hydrogen-bond donors (Lipinski definition) is 1. The highest BCUT2D eigenvalue weighted by Crippen LogP contribution is 2.36. The van der Waals surface area contributed by atoms with Crippen molar-refractivity contribution >= 4 is 11.9 Å². The van der Waals surface area contributed by atoms with Crippen molar-refractivity contribution in [3.8, 4) is 0 Å². The number of carbonyl (C=O) groups excluding carboxylic acids is 2. The highest BCUT2D eigenvalue weighted by molar-refractivity contribution is 5.91. The molecule has 0 aromatic carbocycles. The summed E-state index contributed by atoms with van der Waals surface area (Å²) < 4.78 is 5.21. The second kappa shape index (κ2) is 4.90. The third-order valence-corrected chi connectivity index (χ3v) is 2.79. The molecule has 0 saturated heterocycles. The van der Waals surface area contributed by atoms with Crippen LogP contribution in [0.3, 0.4) is 0 Å². The molecule has 18 heavy (non-hydrogen) atoms. The first kappa shape index (κ1) is 15.0. The largest absolute Gasteiger partial charge is 0.444 e. The zero-order valence-electron chi connectivity index (χ0n) is 12.3. The fraction of sp³-hybridized carbons (Fsp3) is 0.857. The van der Waals surface area contributed by atoms with E-state index in [2.05, 4.69) is 5.32 Å². The van der Waals surface area contributed by atoms with Gasteiger partial charge in [-0.1, -0.05) is 20.8 Å². The first-order valence-electron chi connectivity index (χ1n) is 6.54. The Morgan fingerprint density at radius 2 is 1.61 bits per heavy atom. The standard InChI is InChI=1S/C14H25NO3/c1-13(2,3)11(16)10(9-7-8-9)15-12(17)18-14(4,5)6/h9-10H,7-8H2,1-6H3,(H,15,17). The van der Waals surface area contributed by atoms with Crippen molar-refractivity contribution in [2.24, 2.45) is 11.3 Å². The lowest BCUT2D eigenvalue weighted by Gasteiger charge is -2.27. The number of hydrogen-bond acceptors (Lipinski definition) is 3. The summed E-state index contributed by atoms with van der Waals surface area (Å²) in [5.41, 5.74) is -0.981. The number of carbonyl (C=O) groups is 2. The molecule has 4 nitrogen and oxygen atoms in total. The van der Waals surface area contributed by atoms with Gasteiger partial charge in [0.15, 0.2) is 5.78 Å². The third-order valence-electron chi connectivity index (χ3n) is 2.79. The predicted molar refractivity (Wildman–Crippen MR) is 70.3 cm³/mol. The van der Waals surface area contributed by atoms with E-state index in [4.69, 9.17) is 4.74 Å².